The summed E-state index contributed by atoms with van der Waals surface area (Å²) in [5.74, 6) is -1.12. The lowest BCUT2D eigenvalue weighted by atomic mass is 9.74. The molecular weight excluding hydrogens is 415 g/mol. The second-order valence-electron chi connectivity index (χ2n) is 7.64. The maximum absolute atomic E-state index is 11.4. The normalized spacial score (nSPS) is 25.6. The van der Waals surface area contributed by atoms with Gasteiger partial charge in [-0.25, -0.2) is 4.89 Å². The highest BCUT2D eigenvalue weighted by atomic mass is 35.5. The standard InChI is InChI=1S/C21H26ClO6P/c1-5-18(10-14(2)22)20(3)21(26-4,28-27-20)19-9-8-16-7-6-15(11-17(16)12-19)13-29(23,24)25/h6-9,11-12,18H,2,5,10,13H2,1,3-4H3,(H2,23,24,25). The van der Waals surface area contributed by atoms with Crippen LogP contribution in [0.5, 0.6) is 0 Å². The van der Waals surface area contributed by atoms with Gasteiger partial charge in [0.1, 0.15) is 0 Å². The van der Waals surface area contributed by atoms with Gasteiger partial charge in [0.2, 0.25) is 0 Å². The fourth-order valence-corrected chi connectivity index (χ4v) is 4.97. The predicted octanol–water partition coefficient (Wildman–Crippen LogP) is 5.21. The van der Waals surface area contributed by atoms with Gasteiger partial charge in [-0.2, -0.15) is 4.89 Å². The van der Waals surface area contributed by atoms with E-state index in [1.54, 1.807) is 19.2 Å². The summed E-state index contributed by atoms with van der Waals surface area (Å²) in [5, 5.41) is 2.31. The Morgan fingerprint density at radius 1 is 1.24 bits per heavy atom. The molecule has 29 heavy (non-hydrogen) atoms. The average Bonchev–Trinajstić information content (AvgIpc) is 2.63. The summed E-state index contributed by atoms with van der Waals surface area (Å²) < 4.78 is 17.2. The summed E-state index contributed by atoms with van der Waals surface area (Å²) in [7, 11) is -2.59. The first-order valence-corrected chi connectivity index (χ1v) is 11.5. The molecular formula is C21H26ClO6P. The lowest BCUT2D eigenvalue weighted by Crippen LogP contribution is -2.67. The Morgan fingerprint density at radius 2 is 1.93 bits per heavy atom. The molecule has 0 aliphatic carbocycles. The van der Waals surface area contributed by atoms with Crippen LogP contribution in [-0.4, -0.2) is 22.5 Å². The van der Waals surface area contributed by atoms with E-state index in [4.69, 9.17) is 26.1 Å². The lowest BCUT2D eigenvalue weighted by molar-refractivity contribution is -0.624. The largest absolute Gasteiger partial charge is 0.345 e. The molecule has 0 amide bonds. The molecule has 2 aromatic carbocycles. The number of benzene rings is 2. The zero-order valence-electron chi connectivity index (χ0n) is 16.7. The Morgan fingerprint density at radius 3 is 2.45 bits per heavy atom. The predicted molar refractivity (Wildman–Crippen MR) is 112 cm³/mol. The van der Waals surface area contributed by atoms with E-state index in [1.165, 1.54) is 0 Å². The zero-order chi connectivity index (χ0) is 21.4. The van der Waals surface area contributed by atoms with Gasteiger partial charge in [0.25, 0.3) is 5.79 Å². The van der Waals surface area contributed by atoms with Crippen molar-refractivity contribution in [1.29, 1.82) is 0 Å². The molecule has 1 fully saturated rings. The molecule has 0 radical (unpaired) electrons. The van der Waals surface area contributed by atoms with E-state index >= 15 is 0 Å². The third-order valence-electron chi connectivity index (χ3n) is 5.69. The fourth-order valence-electron chi connectivity index (χ4n) is 4.11. The molecule has 0 spiro atoms. The molecule has 8 heteroatoms. The molecule has 2 aromatic rings. The van der Waals surface area contributed by atoms with E-state index in [1.807, 2.05) is 38.1 Å². The van der Waals surface area contributed by atoms with Crippen molar-refractivity contribution in [1.82, 2.24) is 0 Å². The van der Waals surface area contributed by atoms with Gasteiger partial charge in [-0.3, -0.25) is 4.57 Å². The highest BCUT2D eigenvalue weighted by molar-refractivity contribution is 7.50. The summed E-state index contributed by atoms with van der Waals surface area (Å²) in [6.45, 7) is 7.79. The van der Waals surface area contributed by atoms with Gasteiger partial charge in [0.05, 0.1) is 6.16 Å². The first-order valence-electron chi connectivity index (χ1n) is 9.37. The average molecular weight is 441 g/mol. The molecule has 6 nitrogen and oxygen atoms in total. The highest BCUT2D eigenvalue weighted by Gasteiger charge is 2.66. The van der Waals surface area contributed by atoms with Crippen molar-refractivity contribution in [3.63, 3.8) is 0 Å². The van der Waals surface area contributed by atoms with Crippen LogP contribution in [0.2, 0.25) is 0 Å². The van der Waals surface area contributed by atoms with E-state index < -0.39 is 19.0 Å². The second kappa shape index (κ2) is 8.12. The highest BCUT2D eigenvalue weighted by Crippen LogP contribution is 2.55. The van der Waals surface area contributed by atoms with Crippen LogP contribution in [0.3, 0.4) is 0 Å². The SMILES string of the molecule is C=C(Cl)CC(CC)C1(C)OOC1(OC)c1ccc2ccc(CP(=O)(O)O)cc2c1. The molecule has 158 valence electrons. The number of hydrogen-bond donors (Lipinski definition) is 2. The minimum Gasteiger partial charge on any atom is -0.345 e. The van der Waals surface area contributed by atoms with E-state index in [0.717, 1.165) is 22.8 Å². The third-order valence-corrected chi connectivity index (χ3v) is 6.62. The topological polar surface area (TPSA) is 85.2 Å². The number of ether oxygens (including phenoxy) is 1. The molecule has 3 unspecified atom stereocenters. The molecule has 0 aromatic heterocycles. The Bertz CT molecular complexity index is 969. The quantitative estimate of drug-likeness (QED) is 0.433. The molecule has 3 atom stereocenters. The van der Waals surface area contributed by atoms with Crippen molar-refractivity contribution in [2.75, 3.05) is 7.11 Å². The Hall–Kier alpha value is -1.24. The summed E-state index contributed by atoms with van der Waals surface area (Å²) in [6.07, 6.45) is 1.04. The molecule has 1 heterocycles. The van der Waals surface area contributed by atoms with Gasteiger partial charge in [0.15, 0.2) is 5.60 Å². The van der Waals surface area contributed by atoms with E-state index in [9.17, 15) is 14.4 Å². The molecule has 0 bridgehead atoms. The third kappa shape index (κ3) is 4.17. The van der Waals surface area contributed by atoms with Gasteiger partial charge in [-0.1, -0.05) is 55.4 Å². The van der Waals surface area contributed by atoms with Crippen LogP contribution in [0.15, 0.2) is 48.0 Å². The lowest BCUT2D eigenvalue weighted by Gasteiger charge is -2.56. The monoisotopic (exact) mass is 440 g/mol. The van der Waals surface area contributed by atoms with E-state index in [0.29, 0.717) is 17.0 Å². The fraction of sp³-hybridized carbons (Fsp3) is 0.429. The maximum Gasteiger partial charge on any atom is 0.329 e. The summed E-state index contributed by atoms with van der Waals surface area (Å²) in [5.41, 5.74) is 0.534. The first-order chi connectivity index (χ1) is 13.5. The number of rotatable bonds is 8. The minimum atomic E-state index is -4.15. The molecule has 1 saturated heterocycles. The van der Waals surface area contributed by atoms with Crippen molar-refractivity contribution in [3.8, 4) is 0 Å². The molecule has 3 rings (SSSR count). The number of halogens is 1. The number of allylic oxidation sites excluding steroid dienone is 1. The Kier molecular flexibility index (Phi) is 6.29. The van der Waals surface area contributed by atoms with Crippen LogP contribution in [0, 0.1) is 5.92 Å². The van der Waals surface area contributed by atoms with Gasteiger partial charge < -0.3 is 14.5 Å². The van der Waals surface area contributed by atoms with E-state index in [2.05, 4.69) is 6.58 Å². The van der Waals surface area contributed by atoms with Crippen LogP contribution < -0.4 is 0 Å². The maximum atomic E-state index is 11.4. The molecule has 1 aliphatic rings. The van der Waals surface area contributed by atoms with Crippen molar-refractivity contribution < 1.29 is 28.9 Å². The van der Waals surface area contributed by atoms with Crippen molar-refractivity contribution in [3.05, 3.63) is 59.1 Å². The minimum absolute atomic E-state index is 0.0119. The summed E-state index contributed by atoms with van der Waals surface area (Å²) in [4.78, 5) is 29.7. The second-order valence-corrected chi connectivity index (χ2v) is 9.82. The summed E-state index contributed by atoms with van der Waals surface area (Å²) >= 11 is 6.07. The van der Waals surface area contributed by atoms with Gasteiger partial charge in [-0.05, 0) is 42.2 Å². The van der Waals surface area contributed by atoms with Gasteiger partial charge in [-0.15, -0.1) is 0 Å². The molecule has 1 aliphatic heterocycles. The zero-order valence-corrected chi connectivity index (χ0v) is 18.4. The summed E-state index contributed by atoms with van der Waals surface area (Å²) in [6, 6.07) is 11.1. The molecule has 2 N–H and O–H groups in total. The van der Waals surface area contributed by atoms with Gasteiger partial charge >= 0.3 is 7.60 Å². The van der Waals surface area contributed by atoms with Crippen LogP contribution in [0.25, 0.3) is 10.8 Å². The molecule has 0 saturated carbocycles. The van der Waals surface area contributed by atoms with E-state index in [-0.39, 0.29) is 12.1 Å². The van der Waals surface area contributed by atoms with Crippen LogP contribution in [0.1, 0.15) is 37.8 Å². The smallest absolute Gasteiger partial charge is 0.329 e. The number of methoxy groups -OCH3 is 1. The van der Waals surface area contributed by atoms with Crippen molar-refractivity contribution in [2.45, 2.75) is 44.2 Å². The Balaban J connectivity index is 2.04. The van der Waals surface area contributed by atoms with Crippen molar-refractivity contribution >= 4 is 30.0 Å². The van der Waals surface area contributed by atoms with Crippen LogP contribution in [-0.2, 0) is 31.0 Å². The van der Waals surface area contributed by atoms with Crippen molar-refractivity contribution in [2.24, 2.45) is 5.92 Å². The van der Waals surface area contributed by atoms with Gasteiger partial charge in [0, 0.05) is 23.6 Å². The number of fused-ring (bicyclic) bond motifs is 1. The van der Waals surface area contributed by atoms with Crippen LogP contribution in [0.4, 0.5) is 0 Å². The first kappa shape index (κ1) is 22.4. The van der Waals surface area contributed by atoms with Crippen LogP contribution >= 0.6 is 19.2 Å². The number of hydrogen-bond acceptors (Lipinski definition) is 4. The Labute approximate surface area is 175 Å².